The third-order valence-corrected chi connectivity index (χ3v) is 6.80. The highest BCUT2D eigenvalue weighted by Gasteiger charge is 2.35. The van der Waals surface area contributed by atoms with Crippen LogP contribution in [0.3, 0.4) is 0 Å². The maximum absolute atomic E-state index is 8.97. The molecular weight excluding hydrogens is 411 g/mol. The highest BCUT2D eigenvalue weighted by atomic mass is 31.2. The first kappa shape index (κ1) is 25.3. The molecule has 0 radical (unpaired) electrons. The van der Waals surface area contributed by atoms with E-state index < -0.39 is 8.53 Å². The fraction of sp³-hybridized carbons (Fsp3) is 0.958. The second-order valence-corrected chi connectivity index (χ2v) is 9.90. The predicted molar refractivity (Wildman–Crippen MR) is 130 cm³/mol. The molecular formula is C24H49N2O4P. The third kappa shape index (κ3) is 13.8. The van der Waals surface area contributed by atoms with E-state index in [0.717, 1.165) is 25.7 Å². The van der Waals surface area contributed by atoms with Crippen LogP contribution in [0.25, 0.3) is 0 Å². The van der Waals surface area contributed by atoms with E-state index in [0.29, 0.717) is 79.6 Å². The van der Waals surface area contributed by atoms with E-state index in [4.69, 9.17) is 27.9 Å². The van der Waals surface area contributed by atoms with Gasteiger partial charge >= 0.3 is 0 Å². The summed E-state index contributed by atoms with van der Waals surface area (Å²) in [5.41, 5.74) is -0.370. The van der Waals surface area contributed by atoms with Crippen LogP contribution in [0.2, 0.25) is 0 Å². The van der Waals surface area contributed by atoms with Gasteiger partial charge in [-0.25, -0.2) is 4.67 Å². The van der Waals surface area contributed by atoms with Gasteiger partial charge in [-0.1, -0.05) is 40.0 Å². The summed E-state index contributed by atoms with van der Waals surface area (Å²) in [5, 5.41) is 8.97. The van der Waals surface area contributed by atoms with Gasteiger partial charge in [0.05, 0.1) is 38.9 Å². The number of unbranched alkanes of at least 4 members (excludes halogenated alkanes) is 2. The summed E-state index contributed by atoms with van der Waals surface area (Å²) in [5.74, 6) is 0. The maximum Gasteiger partial charge on any atom is 0.259 e. The summed E-state index contributed by atoms with van der Waals surface area (Å²) in [6.45, 7) is 12.3. The molecule has 0 rings (SSSR count). The Morgan fingerprint density at radius 3 is 2.00 bits per heavy atom. The lowest BCUT2D eigenvalue weighted by Crippen LogP contribution is -2.39. The van der Waals surface area contributed by atoms with Gasteiger partial charge in [0.1, 0.15) is 0 Å². The quantitative estimate of drug-likeness (QED) is 0.139. The fourth-order valence-electron chi connectivity index (χ4n) is 3.31. The second-order valence-electron chi connectivity index (χ2n) is 8.44. The summed E-state index contributed by atoms with van der Waals surface area (Å²) in [7, 11) is -1.36. The molecule has 0 heterocycles. The number of hydrogen-bond acceptors (Lipinski definition) is 6. The van der Waals surface area contributed by atoms with Crippen molar-refractivity contribution in [2.24, 2.45) is 5.41 Å². The molecule has 31 heavy (non-hydrogen) atoms. The predicted octanol–water partition coefficient (Wildman–Crippen LogP) is 6.70. The first-order chi connectivity index (χ1) is 16.4. The third-order valence-electron chi connectivity index (χ3n) is 4.74. The molecule has 0 aliphatic rings. The molecule has 0 saturated carbocycles. The van der Waals surface area contributed by atoms with Crippen LogP contribution in [0.15, 0.2) is 0 Å². The van der Waals surface area contributed by atoms with E-state index in [2.05, 4.69) is 38.4 Å². The average Bonchev–Trinajstić information content (AvgIpc) is 2.80. The minimum Gasteiger partial charge on any atom is -0.381 e. The molecule has 1 atom stereocenters. The van der Waals surface area contributed by atoms with Crippen molar-refractivity contribution in [3.05, 3.63) is 0 Å². The molecule has 0 aromatic heterocycles. The van der Waals surface area contributed by atoms with Gasteiger partial charge in [-0.2, -0.15) is 5.26 Å². The SMILES string of the molecule is [2H]CCCCCC(COCCC[2H])(COCCC[2H])COP(OCCC#N)N(C(C)C)C(C)C. The van der Waals surface area contributed by atoms with E-state index in [9.17, 15) is 0 Å². The van der Waals surface area contributed by atoms with Gasteiger partial charge < -0.3 is 18.5 Å². The summed E-state index contributed by atoms with van der Waals surface area (Å²) >= 11 is 0. The maximum atomic E-state index is 8.97. The Morgan fingerprint density at radius 1 is 0.871 bits per heavy atom. The van der Waals surface area contributed by atoms with Crippen molar-refractivity contribution in [3.8, 4) is 6.07 Å². The molecule has 0 aliphatic heterocycles. The average molecular weight is 464 g/mol. The molecule has 0 aliphatic carbocycles. The Hall–Kier alpha value is -0.280. The summed E-state index contributed by atoms with van der Waals surface area (Å²) in [6, 6.07) is 2.58. The van der Waals surface area contributed by atoms with E-state index in [1.165, 1.54) is 0 Å². The Kier molecular flexibility index (Phi) is 15.7. The minimum absolute atomic E-state index is 0.223. The van der Waals surface area contributed by atoms with Crippen molar-refractivity contribution in [1.29, 1.82) is 5.26 Å². The van der Waals surface area contributed by atoms with Crippen LogP contribution in [-0.4, -0.2) is 56.4 Å². The highest BCUT2D eigenvalue weighted by molar-refractivity contribution is 7.44. The zero-order chi connectivity index (χ0) is 25.7. The van der Waals surface area contributed by atoms with E-state index in [-0.39, 0.29) is 17.5 Å². The molecule has 0 bridgehead atoms. The van der Waals surface area contributed by atoms with Crippen LogP contribution in [-0.2, 0) is 18.5 Å². The number of nitrogens with zero attached hydrogens (tertiary/aromatic N) is 2. The van der Waals surface area contributed by atoms with E-state index in [1.807, 2.05) is 0 Å². The van der Waals surface area contributed by atoms with Crippen LogP contribution >= 0.6 is 8.53 Å². The number of rotatable bonds is 21. The molecule has 1 unspecified atom stereocenters. The summed E-state index contributed by atoms with van der Waals surface area (Å²) in [6.07, 6.45) is 5.34. The number of nitriles is 1. The van der Waals surface area contributed by atoms with Crippen LogP contribution in [0.1, 0.15) is 97.5 Å². The number of hydrogen-bond donors (Lipinski definition) is 0. The largest absolute Gasteiger partial charge is 0.381 e. The van der Waals surface area contributed by atoms with Crippen molar-refractivity contribution in [2.75, 3.05) is 39.6 Å². The standard InChI is InChI=1S/C24H49N2O4P/c1-8-11-12-14-24(19-27-16-9-2,20-28-17-10-3)21-30-31(29-18-13-15-25)26(22(4)5)23(6)7/h22-23H,8-14,16-21H2,1-7H3/i1D,2D,3D. The Labute approximate surface area is 198 Å². The number of ether oxygens (including phenoxy) is 2. The first-order valence-corrected chi connectivity index (χ1v) is 12.7. The molecule has 0 fully saturated rings. The molecule has 0 amide bonds. The van der Waals surface area contributed by atoms with Gasteiger partial charge in [0.25, 0.3) is 8.53 Å². The van der Waals surface area contributed by atoms with Crippen molar-refractivity contribution in [2.45, 2.75) is 105 Å². The Morgan fingerprint density at radius 2 is 1.48 bits per heavy atom. The van der Waals surface area contributed by atoms with Gasteiger partial charge in [0.15, 0.2) is 0 Å². The van der Waals surface area contributed by atoms with Crippen molar-refractivity contribution >= 4 is 8.53 Å². The fourth-order valence-corrected chi connectivity index (χ4v) is 5.03. The lowest BCUT2D eigenvalue weighted by Gasteiger charge is -2.39. The van der Waals surface area contributed by atoms with Crippen LogP contribution < -0.4 is 0 Å². The lowest BCUT2D eigenvalue weighted by molar-refractivity contribution is -0.0534. The molecule has 0 aromatic rings. The highest BCUT2D eigenvalue weighted by Crippen LogP contribution is 2.47. The topological polar surface area (TPSA) is 64.0 Å². The molecule has 184 valence electrons. The van der Waals surface area contributed by atoms with Crippen molar-refractivity contribution < 1.29 is 22.6 Å². The minimum atomic E-state index is -1.36. The van der Waals surface area contributed by atoms with Crippen LogP contribution in [0, 0.1) is 16.7 Å². The lowest BCUT2D eigenvalue weighted by atomic mass is 9.85. The van der Waals surface area contributed by atoms with Gasteiger partial charge in [-0.3, -0.25) is 0 Å². The van der Waals surface area contributed by atoms with E-state index >= 15 is 0 Å². The van der Waals surface area contributed by atoms with Gasteiger partial charge in [-0.15, -0.1) is 0 Å². The van der Waals surface area contributed by atoms with Crippen molar-refractivity contribution in [3.63, 3.8) is 0 Å². The summed E-state index contributed by atoms with van der Waals surface area (Å²) in [4.78, 5) is 0. The zero-order valence-electron chi connectivity index (χ0n) is 23.4. The van der Waals surface area contributed by atoms with Crippen LogP contribution in [0.5, 0.6) is 0 Å². The molecule has 0 N–H and O–H groups in total. The van der Waals surface area contributed by atoms with Gasteiger partial charge in [0, 0.05) is 34.8 Å². The van der Waals surface area contributed by atoms with Crippen molar-refractivity contribution in [1.82, 2.24) is 4.67 Å². The Bertz CT molecular complexity index is 474. The second kappa shape index (κ2) is 19.2. The van der Waals surface area contributed by atoms with Gasteiger partial charge in [0.2, 0.25) is 0 Å². The van der Waals surface area contributed by atoms with Gasteiger partial charge in [-0.05, 0) is 47.0 Å². The smallest absolute Gasteiger partial charge is 0.259 e. The monoisotopic (exact) mass is 463 g/mol. The summed E-state index contributed by atoms with van der Waals surface area (Å²) < 4.78 is 49.0. The van der Waals surface area contributed by atoms with Crippen LogP contribution in [0.4, 0.5) is 0 Å². The molecule has 0 spiro atoms. The molecule has 6 nitrogen and oxygen atoms in total. The molecule has 0 aromatic carbocycles. The first-order valence-electron chi connectivity index (χ1n) is 13.7. The molecule has 0 saturated heterocycles. The Balaban J connectivity index is 5.58. The zero-order valence-corrected chi connectivity index (χ0v) is 21.3. The normalized spacial score (nSPS) is 14.6. The molecule has 7 heteroatoms. The van der Waals surface area contributed by atoms with E-state index in [1.54, 1.807) is 0 Å².